The number of amides is 2. The number of benzene rings is 2. The zero-order valence-corrected chi connectivity index (χ0v) is 17.1. The Morgan fingerprint density at radius 2 is 1.73 bits per heavy atom. The monoisotopic (exact) mass is 415 g/mol. The molecule has 0 saturated heterocycles. The van der Waals surface area contributed by atoms with Crippen LogP contribution in [0.3, 0.4) is 0 Å². The van der Waals surface area contributed by atoms with E-state index in [0.29, 0.717) is 11.7 Å². The highest BCUT2D eigenvalue weighted by atomic mass is 16.6. The Bertz CT molecular complexity index is 885. The van der Waals surface area contributed by atoms with Gasteiger partial charge in [0.1, 0.15) is 5.75 Å². The average Bonchev–Trinajstić information content (AvgIpc) is 2.75. The molecule has 0 aliphatic rings. The van der Waals surface area contributed by atoms with Gasteiger partial charge < -0.3 is 9.47 Å². The Labute approximate surface area is 174 Å². The van der Waals surface area contributed by atoms with E-state index < -0.39 is 22.8 Å². The fraction of sp³-hybridized carbons (Fsp3) is 0.333. The predicted molar refractivity (Wildman–Crippen MR) is 110 cm³/mol. The zero-order valence-electron chi connectivity index (χ0n) is 17.1. The largest absolute Gasteiger partial charge is 0.484 e. The molecule has 9 nitrogen and oxygen atoms in total. The van der Waals surface area contributed by atoms with E-state index in [4.69, 9.17) is 9.47 Å². The minimum Gasteiger partial charge on any atom is -0.484 e. The Hall–Kier alpha value is -3.62. The van der Waals surface area contributed by atoms with Crippen molar-refractivity contribution < 1.29 is 24.0 Å². The van der Waals surface area contributed by atoms with Gasteiger partial charge in [0.25, 0.3) is 11.8 Å². The molecule has 2 N–H and O–H groups in total. The third-order valence-corrected chi connectivity index (χ3v) is 4.49. The quantitative estimate of drug-likeness (QED) is 0.480. The summed E-state index contributed by atoms with van der Waals surface area (Å²) in [5.41, 5.74) is 5.36. The molecule has 2 amide bonds. The second-order valence-electron chi connectivity index (χ2n) is 6.69. The number of ether oxygens (including phenoxy) is 2. The van der Waals surface area contributed by atoms with Crippen molar-refractivity contribution in [2.75, 3.05) is 6.61 Å². The summed E-state index contributed by atoms with van der Waals surface area (Å²) in [6.45, 7) is 5.36. The third kappa shape index (κ3) is 6.47. The van der Waals surface area contributed by atoms with Gasteiger partial charge in [0.15, 0.2) is 18.5 Å². The van der Waals surface area contributed by atoms with E-state index in [0.717, 1.165) is 6.42 Å². The molecule has 0 saturated carbocycles. The van der Waals surface area contributed by atoms with Crippen molar-refractivity contribution in [1.29, 1.82) is 0 Å². The number of nitrogens with one attached hydrogen (secondary N) is 2. The van der Waals surface area contributed by atoms with Crippen LogP contribution in [-0.4, -0.2) is 29.4 Å². The number of carbonyl (C=O) groups excluding carboxylic acids is 2. The summed E-state index contributed by atoms with van der Waals surface area (Å²) in [7, 11) is 0. The van der Waals surface area contributed by atoms with Gasteiger partial charge in [-0.3, -0.25) is 30.6 Å². The molecule has 0 spiro atoms. The second kappa shape index (κ2) is 10.8. The topological polar surface area (TPSA) is 120 Å². The number of nitrogens with zero attached hydrogens (tertiary/aromatic N) is 1. The summed E-state index contributed by atoms with van der Waals surface area (Å²) in [4.78, 5) is 34.4. The van der Waals surface area contributed by atoms with Gasteiger partial charge in [-0.15, -0.1) is 0 Å². The fourth-order valence-corrected chi connectivity index (χ4v) is 2.50. The van der Waals surface area contributed by atoms with E-state index in [1.807, 2.05) is 12.1 Å². The molecule has 0 aliphatic carbocycles. The SMILES string of the molecule is CC[C@@H](C)c1ccc(OCC(=O)NNC(=O)[C@@H](C)Oc2ccccc2[N+](=O)[O-])cc1. The molecule has 0 heterocycles. The Morgan fingerprint density at radius 1 is 1.07 bits per heavy atom. The second-order valence-corrected chi connectivity index (χ2v) is 6.69. The van der Waals surface area contributed by atoms with Crippen LogP contribution < -0.4 is 20.3 Å². The lowest BCUT2D eigenvalue weighted by Crippen LogP contribution is -2.48. The number of nitro benzene ring substituents is 1. The van der Waals surface area contributed by atoms with Gasteiger partial charge >= 0.3 is 5.69 Å². The molecule has 0 unspecified atom stereocenters. The number of carbonyl (C=O) groups is 2. The molecule has 0 radical (unpaired) electrons. The molecule has 160 valence electrons. The highest BCUT2D eigenvalue weighted by Crippen LogP contribution is 2.26. The van der Waals surface area contributed by atoms with Gasteiger partial charge in [-0.05, 0) is 43.0 Å². The summed E-state index contributed by atoms with van der Waals surface area (Å²) in [5.74, 6) is -0.289. The highest BCUT2D eigenvalue weighted by Gasteiger charge is 2.21. The maximum absolute atomic E-state index is 12.1. The van der Waals surface area contributed by atoms with Gasteiger partial charge in [-0.25, -0.2) is 0 Å². The summed E-state index contributed by atoms with van der Waals surface area (Å²) in [6, 6.07) is 13.2. The third-order valence-electron chi connectivity index (χ3n) is 4.49. The average molecular weight is 415 g/mol. The zero-order chi connectivity index (χ0) is 22.1. The van der Waals surface area contributed by atoms with Gasteiger partial charge in [-0.2, -0.15) is 0 Å². The van der Waals surface area contributed by atoms with Crippen LogP contribution in [0, 0.1) is 10.1 Å². The summed E-state index contributed by atoms with van der Waals surface area (Å²) < 4.78 is 10.7. The van der Waals surface area contributed by atoms with Gasteiger partial charge in [0.2, 0.25) is 0 Å². The van der Waals surface area contributed by atoms with Crippen molar-refractivity contribution in [2.45, 2.75) is 39.2 Å². The van der Waals surface area contributed by atoms with Crippen LogP contribution in [0.1, 0.15) is 38.7 Å². The van der Waals surface area contributed by atoms with E-state index in [1.165, 1.54) is 30.7 Å². The predicted octanol–water partition coefficient (Wildman–Crippen LogP) is 3.10. The molecule has 9 heteroatoms. The first kappa shape index (κ1) is 22.7. The van der Waals surface area contributed by atoms with Crippen LogP contribution >= 0.6 is 0 Å². The van der Waals surface area contributed by atoms with Gasteiger partial charge in [-0.1, -0.05) is 38.1 Å². The minimum absolute atomic E-state index is 0.0411. The maximum Gasteiger partial charge on any atom is 0.310 e. The lowest BCUT2D eigenvalue weighted by atomic mass is 9.99. The summed E-state index contributed by atoms with van der Waals surface area (Å²) in [6.07, 6.45) is -0.0392. The van der Waals surface area contributed by atoms with Gasteiger partial charge in [0.05, 0.1) is 4.92 Å². The van der Waals surface area contributed by atoms with Crippen LogP contribution in [0.2, 0.25) is 0 Å². The van der Waals surface area contributed by atoms with Crippen molar-refractivity contribution >= 4 is 17.5 Å². The molecular weight excluding hydrogens is 390 g/mol. The first-order valence-corrected chi connectivity index (χ1v) is 9.53. The highest BCUT2D eigenvalue weighted by molar-refractivity contribution is 5.85. The van der Waals surface area contributed by atoms with E-state index in [2.05, 4.69) is 24.7 Å². The fourth-order valence-electron chi connectivity index (χ4n) is 2.50. The van der Waals surface area contributed by atoms with Crippen molar-refractivity contribution in [1.82, 2.24) is 10.9 Å². The van der Waals surface area contributed by atoms with Crippen LogP contribution in [0.25, 0.3) is 0 Å². The number of para-hydroxylation sites is 2. The lowest BCUT2D eigenvalue weighted by Gasteiger charge is -2.15. The number of hydrogen-bond acceptors (Lipinski definition) is 6. The van der Waals surface area contributed by atoms with E-state index in [9.17, 15) is 19.7 Å². The standard InChI is InChI=1S/C21H25N3O6/c1-4-14(2)16-9-11-17(12-10-16)29-13-20(25)22-23-21(26)15(3)30-19-8-6-5-7-18(19)24(27)28/h5-12,14-15H,4,13H2,1-3H3,(H,22,25)(H,23,26)/t14-,15-/m1/s1. The first-order chi connectivity index (χ1) is 14.3. The van der Waals surface area contributed by atoms with Crippen molar-refractivity contribution in [2.24, 2.45) is 0 Å². The lowest BCUT2D eigenvalue weighted by molar-refractivity contribution is -0.386. The van der Waals surface area contributed by atoms with Crippen LogP contribution in [0.4, 0.5) is 5.69 Å². The number of hydrazine groups is 1. The van der Waals surface area contributed by atoms with E-state index >= 15 is 0 Å². The molecule has 2 aromatic carbocycles. The Kier molecular flexibility index (Phi) is 8.16. The van der Waals surface area contributed by atoms with Crippen molar-refractivity contribution in [3.8, 4) is 11.5 Å². The van der Waals surface area contributed by atoms with Gasteiger partial charge in [0, 0.05) is 6.07 Å². The molecule has 2 rings (SSSR count). The van der Waals surface area contributed by atoms with Crippen LogP contribution in [0.15, 0.2) is 48.5 Å². The molecule has 0 bridgehead atoms. The summed E-state index contributed by atoms with van der Waals surface area (Å²) >= 11 is 0. The van der Waals surface area contributed by atoms with E-state index in [1.54, 1.807) is 18.2 Å². The molecule has 0 aromatic heterocycles. The Balaban J connectivity index is 1.79. The summed E-state index contributed by atoms with van der Waals surface area (Å²) in [5, 5.41) is 11.0. The van der Waals surface area contributed by atoms with Crippen LogP contribution in [0.5, 0.6) is 11.5 Å². The minimum atomic E-state index is -1.07. The smallest absolute Gasteiger partial charge is 0.310 e. The molecular formula is C21H25N3O6. The molecule has 0 aliphatic heterocycles. The molecule has 30 heavy (non-hydrogen) atoms. The van der Waals surface area contributed by atoms with Crippen molar-refractivity contribution in [3.63, 3.8) is 0 Å². The van der Waals surface area contributed by atoms with Crippen LogP contribution in [-0.2, 0) is 9.59 Å². The first-order valence-electron chi connectivity index (χ1n) is 9.53. The van der Waals surface area contributed by atoms with Crippen molar-refractivity contribution in [3.05, 3.63) is 64.2 Å². The number of hydrogen-bond donors (Lipinski definition) is 2. The number of nitro groups is 1. The number of rotatable bonds is 9. The normalized spacial score (nSPS) is 12.4. The Morgan fingerprint density at radius 3 is 2.37 bits per heavy atom. The molecule has 2 atom stereocenters. The molecule has 2 aromatic rings. The maximum atomic E-state index is 12.1. The van der Waals surface area contributed by atoms with E-state index in [-0.39, 0.29) is 18.0 Å². The molecule has 0 fully saturated rings.